The molecule has 0 aliphatic heterocycles. The molecule has 5 nitrogen and oxygen atoms in total. The number of benzene rings is 1. The van der Waals surface area contributed by atoms with E-state index in [2.05, 4.69) is 0 Å². The molecule has 0 aliphatic carbocycles. The van der Waals surface area contributed by atoms with E-state index in [9.17, 15) is 16.8 Å². The summed E-state index contributed by atoms with van der Waals surface area (Å²) in [6.07, 6.45) is 1.37. The Morgan fingerprint density at radius 2 is 1.57 bits per heavy atom. The zero-order chi connectivity index (χ0) is 17.1. The van der Waals surface area contributed by atoms with E-state index in [0.717, 1.165) is 22.6 Å². The van der Waals surface area contributed by atoms with Crippen molar-refractivity contribution >= 4 is 31.0 Å². The molecule has 23 heavy (non-hydrogen) atoms. The quantitative estimate of drug-likeness (QED) is 0.805. The summed E-state index contributed by atoms with van der Waals surface area (Å²) in [6.45, 7) is 2.20. The molecule has 0 spiro atoms. The van der Waals surface area contributed by atoms with Gasteiger partial charge in [0.2, 0.25) is 9.84 Å². The number of thiophene rings is 1. The van der Waals surface area contributed by atoms with Gasteiger partial charge in [0.1, 0.15) is 4.21 Å². The normalized spacial score (nSPS) is 12.4. The Bertz CT molecular complexity index is 866. The van der Waals surface area contributed by atoms with E-state index in [4.69, 9.17) is 5.73 Å². The van der Waals surface area contributed by atoms with Gasteiger partial charge in [0.05, 0.1) is 15.5 Å². The average molecular weight is 374 g/mol. The van der Waals surface area contributed by atoms with Gasteiger partial charge in [0.15, 0.2) is 9.84 Å². The van der Waals surface area contributed by atoms with Crippen molar-refractivity contribution in [3.63, 3.8) is 0 Å². The summed E-state index contributed by atoms with van der Waals surface area (Å²) in [7, 11) is -7.00. The SMILES string of the molecule is CCCCS(=O)(=O)c1ccc(S(=O)(=O)c2ccc(CN)s2)cc1. The second kappa shape index (κ2) is 7.12. The molecule has 0 saturated heterocycles. The predicted octanol–water partition coefficient (Wildman–Crippen LogP) is 2.61. The Balaban J connectivity index is 2.32. The maximum Gasteiger partial charge on any atom is 0.215 e. The molecule has 1 heterocycles. The van der Waals surface area contributed by atoms with Crippen molar-refractivity contribution in [3.8, 4) is 0 Å². The van der Waals surface area contributed by atoms with Crippen LogP contribution in [0.1, 0.15) is 24.6 Å². The minimum atomic E-state index is -3.64. The van der Waals surface area contributed by atoms with Crippen molar-refractivity contribution in [2.75, 3.05) is 5.75 Å². The number of sulfone groups is 2. The van der Waals surface area contributed by atoms with Crippen LogP contribution in [-0.4, -0.2) is 22.6 Å². The molecule has 0 amide bonds. The van der Waals surface area contributed by atoms with Crippen molar-refractivity contribution in [2.45, 2.75) is 40.3 Å². The highest BCUT2D eigenvalue weighted by atomic mass is 32.2. The van der Waals surface area contributed by atoms with Crippen molar-refractivity contribution in [3.05, 3.63) is 41.3 Å². The van der Waals surface area contributed by atoms with Crippen LogP contribution in [0.5, 0.6) is 0 Å². The highest BCUT2D eigenvalue weighted by molar-refractivity contribution is 7.93. The molecular formula is C15H19NO4S3. The first-order valence-electron chi connectivity index (χ1n) is 7.18. The van der Waals surface area contributed by atoms with E-state index >= 15 is 0 Å². The Morgan fingerprint density at radius 1 is 0.957 bits per heavy atom. The number of rotatable bonds is 7. The molecule has 1 aromatic heterocycles. The Kier molecular flexibility index (Phi) is 5.61. The minimum Gasteiger partial charge on any atom is -0.326 e. The predicted molar refractivity (Wildman–Crippen MR) is 91.1 cm³/mol. The number of hydrogen-bond donors (Lipinski definition) is 1. The molecule has 2 N–H and O–H groups in total. The molecule has 1 aromatic carbocycles. The molecule has 126 valence electrons. The first-order chi connectivity index (χ1) is 10.8. The van der Waals surface area contributed by atoms with Crippen LogP contribution >= 0.6 is 11.3 Å². The molecule has 0 bridgehead atoms. The zero-order valence-corrected chi connectivity index (χ0v) is 15.2. The maximum absolute atomic E-state index is 12.5. The van der Waals surface area contributed by atoms with Gasteiger partial charge in [-0.05, 0) is 42.8 Å². The van der Waals surface area contributed by atoms with Crippen LogP contribution in [0.25, 0.3) is 0 Å². The van der Waals surface area contributed by atoms with Gasteiger partial charge in [-0.25, -0.2) is 16.8 Å². The summed E-state index contributed by atoms with van der Waals surface area (Å²) in [4.78, 5) is 1.01. The summed E-state index contributed by atoms with van der Waals surface area (Å²) in [5.74, 6) is 0.0698. The Hall–Kier alpha value is -1.22. The fraction of sp³-hybridized carbons (Fsp3) is 0.333. The number of nitrogens with two attached hydrogens (primary N) is 1. The van der Waals surface area contributed by atoms with Gasteiger partial charge in [0, 0.05) is 11.4 Å². The smallest absolute Gasteiger partial charge is 0.215 e. The number of unbranched alkanes of at least 4 members (excludes halogenated alkanes) is 1. The Labute approximate surface area is 141 Å². The topological polar surface area (TPSA) is 94.3 Å². The standard InChI is InChI=1S/C15H19NO4S3/c1-2-3-10-22(17,18)13-5-7-14(8-6-13)23(19,20)15-9-4-12(11-16)21-15/h4-9H,2-3,10-11,16H2,1H3. The van der Waals surface area contributed by atoms with Crippen molar-refractivity contribution in [1.29, 1.82) is 0 Å². The minimum absolute atomic E-state index is 0.0698. The molecule has 0 radical (unpaired) electrons. The summed E-state index contributed by atoms with van der Waals surface area (Å²) >= 11 is 1.12. The zero-order valence-electron chi connectivity index (χ0n) is 12.7. The fourth-order valence-corrected chi connectivity index (χ4v) is 6.10. The first kappa shape index (κ1) is 18.1. The second-order valence-electron chi connectivity index (χ2n) is 5.07. The van der Waals surface area contributed by atoms with Crippen LogP contribution < -0.4 is 5.73 Å². The molecule has 0 fully saturated rings. The van der Waals surface area contributed by atoms with Gasteiger partial charge in [-0.15, -0.1) is 11.3 Å². The van der Waals surface area contributed by atoms with Crippen LogP contribution in [0, 0.1) is 0 Å². The Morgan fingerprint density at radius 3 is 2.09 bits per heavy atom. The van der Waals surface area contributed by atoms with Gasteiger partial charge >= 0.3 is 0 Å². The third-order valence-electron chi connectivity index (χ3n) is 3.36. The van der Waals surface area contributed by atoms with Crippen LogP contribution in [-0.2, 0) is 26.2 Å². The molecule has 2 aromatic rings. The van der Waals surface area contributed by atoms with E-state index < -0.39 is 19.7 Å². The van der Waals surface area contributed by atoms with Crippen LogP contribution in [0.4, 0.5) is 0 Å². The van der Waals surface area contributed by atoms with E-state index in [1.807, 2.05) is 6.92 Å². The van der Waals surface area contributed by atoms with Gasteiger partial charge < -0.3 is 5.73 Å². The van der Waals surface area contributed by atoms with Gasteiger partial charge in [-0.1, -0.05) is 13.3 Å². The van der Waals surface area contributed by atoms with E-state index in [-0.39, 0.29) is 26.3 Å². The van der Waals surface area contributed by atoms with Crippen LogP contribution in [0.2, 0.25) is 0 Å². The van der Waals surface area contributed by atoms with Crippen LogP contribution in [0.3, 0.4) is 0 Å². The van der Waals surface area contributed by atoms with E-state index in [1.165, 1.54) is 30.3 Å². The third-order valence-corrected chi connectivity index (χ3v) is 8.55. The molecular weight excluding hydrogens is 354 g/mol. The van der Waals surface area contributed by atoms with Gasteiger partial charge in [0.25, 0.3) is 0 Å². The molecule has 0 atom stereocenters. The lowest BCUT2D eigenvalue weighted by atomic mass is 10.4. The van der Waals surface area contributed by atoms with Gasteiger partial charge in [-0.3, -0.25) is 0 Å². The van der Waals surface area contributed by atoms with Crippen molar-refractivity contribution < 1.29 is 16.8 Å². The monoisotopic (exact) mass is 373 g/mol. The fourth-order valence-electron chi connectivity index (χ4n) is 2.01. The van der Waals surface area contributed by atoms with Gasteiger partial charge in [-0.2, -0.15) is 0 Å². The molecule has 0 aliphatic rings. The second-order valence-corrected chi connectivity index (χ2v) is 10.5. The summed E-state index contributed by atoms with van der Waals surface area (Å²) < 4.78 is 49.4. The van der Waals surface area contributed by atoms with Crippen LogP contribution in [0.15, 0.2) is 50.4 Å². The first-order valence-corrected chi connectivity index (χ1v) is 11.1. The highest BCUT2D eigenvalue weighted by Crippen LogP contribution is 2.28. The van der Waals surface area contributed by atoms with Crippen molar-refractivity contribution in [2.24, 2.45) is 5.73 Å². The largest absolute Gasteiger partial charge is 0.326 e. The summed E-state index contributed by atoms with van der Waals surface area (Å²) in [5, 5.41) is 0. The molecule has 8 heteroatoms. The summed E-state index contributed by atoms with van der Waals surface area (Å²) in [6, 6.07) is 8.60. The van der Waals surface area contributed by atoms with Crippen molar-refractivity contribution in [1.82, 2.24) is 0 Å². The number of hydrogen-bond acceptors (Lipinski definition) is 6. The average Bonchev–Trinajstić information content (AvgIpc) is 3.03. The molecule has 0 saturated carbocycles. The lowest BCUT2D eigenvalue weighted by Crippen LogP contribution is -2.07. The molecule has 2 rings (SSSR count). The lowest BCUT2D eigenvalue weighted by molar-refractivity contribution is 0.590. The highest BCUT2D eigenvalue weighted by Gasteiger charge is 2.21. The lowest BCUT2D eigenvalue weighted by Gasteiger charge is -2.06. The third kappa shape index (κ3) is 4.00. The summed E-state index contributed by atoms with van der Waals surface area (Å²) in [5.41, 5.74) is 5.50. The van der Waals surface area contributed by atoms with E-state index in [1.54, 1.807) is 6.07 Å². The van der Waals surface area contributed by atoms with E-state index in [0.29, 0.717) is 6.42 Å². The maximum atomic E-state index is 12.5. The molecule has 0 unspecified atom stereocenters.